The largest absolute Gasteiger partial charge is 0.295 e. The number of sulfonamides is 1. The third-order valence-electron chi connectivity index (χ3n) is 2.81. The fraction of sp³-hybridized carbons (Fsp3) is 0.231. The van der Waals surface area contributed by atoms with Crippen LogP contribution in [0.15, 0.2) is 40.7 Å². The molecule has 0 saturated heterocycles. The summed E-state index contributed by atoms with van der Waals surface area (Å²) in [5, 5.41) is 2.54. The van der Waals surface area contributed by atoms with Crippen LogP contribution in [0, 0.1) is 0 Å². The van der Waals surface area contributed by atoms with E-state index in [0.717, 1.165) is 5.01 Å². The number of benzene rings is 1. The van der Waals surface area contributed by atoms with Crippen molar-refractivity contribution in [3.8, 4) is 0 Å². The molecule has 0 spiro atoms. The Kier molecular flexibility index (Phi) is 4.32. The lowest BCUT2D eigenvalue weighted by Crippen LogP contribution is -2.26. The van der Waals surface area contributed by atoms with Crippen molar-refractivity contribution >= 4 is 27.1 Å². The van der Waals surface area contributed by atoms with Crippen molar-refractivity contribution in [2.45, 2.75) is 18.4 Å². The Morgan fingerprint density at radius 2 is 1.95 bits per heavy atom. The highest BCUT2D eigenvalue weighted by Crippen LogP contribution is 2.18. The molecule has 0 bridgehead atoms. The second kappa shape index (κ2) is 5.82. The average molecular weight is 310 g/mol. The van der Waals surface area contributed by atoms with E-state index in [1.54, 1.807) is 11.6 Å². The number of carbonyl (C=O) groups excluding carboxylic acids is 1. The van der Waals surface area contributed by atoms with Crippen molar-refractivity contribution < 1.29 is 13.2 Å². The number of Topliss-reactive ketones (excluding diaryl/α,β-unsaturated/α-hetero) is 1. The van der Waals surface area contributed by atoms with E-state index in [1.165, 1.54) is 53.9 Å². The van der Waals surface area contributed by atoms with Gasteiger partial charge in [0, 0.05) is 24.2 Å². The molecule has 0 fully saturated rings. The SMILES string of the molecule is CC(=O)c1ccc(S(=O)(=O)N(C)Cc2nccs2)cc1. The van der Waals surface area contributed by atoms with E-state index in [0.29, 0.717) is 5.56 Å². The van der Waals surface area contributed by atoms with Crippen molar-refractivity contribution in [1.29, 1.82) is 0 Å². The van der Waals surface area contributed by atoms with Gasteiger partial charge in [-0.1, -0.05) is 12.1 Å². The molecule has 1 aromatic carbocycles. The van der Waals surface area contributed by atoms with Crippen LogP contribution in [-0.2, 0) is 16.6 Å². The Morgan fingerprint density at radius 3 is 2.45 bits per heavy atom. The summed E-state index contributed by atoms with van der Waals surface area (Å²) >= 11 is 1.41. The molecule has 0 aliphatic heterocycles. The highest BCUT2D eigenvalue weighted by molar-refractivity contribution is 7.89. The molecule has 20 heavy (non-hydrogen) atoms. The van der Waals surface area contributed by atoms with Gasteiger partial charge >= 0.3 is 0 Å². The van der Waals surface area contributed by atoms with Gasteiger partial charge in [0.1, 0.15) is 5.01 Å². The third kappa shape index (κ3) is 3.12. The fourth-order valence-corrected chi connectivity index (χ4v) is 3.53. The Balaban J connectivity index is 2.23. The predicted octanol–water partition coefficient (Wildman–Crippen LogP) is 2.17. The summed E-state index contributed by atoms with van der Waals surface area (Å²) < 4.78 is 26.0. The van der Waals surface area contributed by atoms with Crippen molar-refractivity contribution in [1.82, 2.24) is 9.29 Å². The summed E-state index contributed by atoms with van der Waals surface area (Å²) in [5.41, 5.74) is 0.492. The molecule has 106 valence electrons. The number of aromatic nitrogens is 1. The van der Waals surface area contributed by atoms with Gasteiger partial charge in [-0.3, -0.25) is 4.79 Å². The third-order valence-corrected chi connectivity index (χ3v) is 5.39. The molecule has 0 aliphatic rings. The number of thiazole rings is 1. The number of hydrogen-bond donors (Lipinski definition) is 0. The minimum Gasteiger partial charge on any atom is -0.295 e. The second-order valence-electron chi connectivity index (χ2n) is 4.27. The molecule has 5 nitrogen and oxygen atoms in total. The topological polar surface area (TPSA) is 67.3 Å². The highest BCUT2D eigenvalue weighted by atomic mass is 32.2. The Hall–Kier alpha value is -1.57. The van der Waals surface area contributed by atoms with E-state index in [4.69, 9.17) is 0 Å². The Labute approximate surface area is 121 Å². The van der Waals surface area contributed by atoms with Crippen molar-refractivity contribution in [3.63, 3.8) is 0 Å². The average Bonchev–Trinajstić information content (AvgIpc) is 2.91. The maximum Gasteiger partial charge on any atom is 0.243 e. The van der Waals surface area contributed by atoms with Crippen LogP contribution in [0.2, 0.25) is 0 Å². The van der Waals surface area contributed by atoms with Crippen LogP contribution in [0.4, 0.5) is 0 Å². The lowest BCUT2D eigenvalue weighted by atomic mass is 10.2. The van der Waals surface area contributed by atoms with Gasteiger partial charge in [-0.15, -0.1) is 11.3 Å². The lowest BCUT2D eigenvalue weighted by molar-refractivity contribution is 0.101. The molecule has 1 aromatic heterocycles. The molecule has 1 heterocycles. The number of rotatable bonds is 5. The molecular formula is C13H14N2O3S2. The molecule has 0 unspecified atom stereocenters. The van der Waals surface area contributed by atoms with Gasteiger partial charge in [0.2, 0.25) is 10.0 Å². The molecule has 0 amide bonds. The maximum absolute atomic E-state index is 12.4. The first-order valence-corrected chi connectivity index (χ1v) is 8.19. The molecule has 2 rings (SSSR count). The number of ketones is 1. The van der Waals surface area contributed by atoms with E-state index in [9.17, 15) is 13.2 Å². The van der Waals surface area contributed by atoms with Gasteiger partial charge in [0.15, 0.2) is 5.78 Å². The van der Waals surface area contributed by atoms with Gasteiger partial charge in [-0.25, -0.2) is 13.4 Å². The van der Waals surface area contributed by atoms with Crippen LogP contribution < -0.4 is 0 Å². The van der Waals surface area contributed by atoms with Crippen LogP contribution in [-0.4, -0.2) is 30.5 Å². The zero-order valence-electron chi connectivity index (χ0n) is 11.1. The smallest absolute Gasteiger partial charge is 0.243 e. The normalized spacial score (nSPS) is 11.8. The van der Waals surface area contributed by atoms with Crippen LogP contribution in [0.1, 0.15) is 22.3 Å². The van der Waals surface area contributed by atoms with Gasteiger partial charge < -0.3 is 0 Å². The van der Waals surface area contributed by atoms with E-state index in [1.807, 2.05) is 0 Å². The molecule has 0 N–H and O–H groups in total. The van der Waals surface area contributed by atoms with Crippen molar-refractivity contribution in [2.24, 2.45) is 0 Å². The molecule has 2 aromatic rings. The highest BCUT2D eigenvalue weighted by Gasteiger charge is 2.21. The quantitative estimate of drug-likeness (QED) is 0.794. The first-order chi connectivity index (χ1) is 9.41. The fourth-order valence-electron chi connectivity index (χ4n) is 1.65. The van der Waals surface area contributed by atoms with E-state index < -0.39 is 10.0 Å². The summed E-state index contributed by atoms with van der Waals surface area (Å²) in [5.74, 6) is -0.0925. The van der Waals surface area contributed by atoms with Gasteiger partial charge in [0.25, 0.3) is 0 Å². The molecule has 7 heteroatoms. The Morgan fingerprint density at radius 1 is 1.30 bits per heavy atom. The minimum atomic E-state index is -3.57. The molecule has 0 saturated carbocycles. The molecule has 0 aliphatic carbocycles. The summed E-state index contributed by atoms with van der Waals surface area (Å²) in [6.07, 6.45) is 1.64. The molecule has 0 radical (unpaired) electrons. The van der Waals surface area contributed by atoms with Crippen molar-refractivity contribution in [3.05, 3.63) is 46.4 Å². The zero-order chi connectivity index (χ0) is 14.8. The molecule has 0 atom stereocenters. The van der Waals surface area contributed by atoms with Crippen LogP contribution in [0.3, 0.4) is 0 Å². The predicted molar refractivity (Wildman–Crippen MR) is 77.2 cm³/mol. The van der Waals surface area contributed by atoms with Gasteiger partial charge in [-0.2, -0.15) is 4.31 Å². The molecular weight excluding hydrogens is 296 g/mol. The lowest BCUT2D eigenvalue weighted by Gasteiger charge is -2.15. The first kappa shape index (κ1) is 14.8. The van der Waals surface area contributed by atoms with E-state index in [-0.39, 0.29) is 17.2 Å². The van der Waals surface area contributed by atoms with Crippen LogP contribution >= 0.6 is 11.3 Å². The summed E-state index contributed by atoms with van der Waals surface area (Å²) in [7, 11) is -2.06. The standard InChI is InChI=1S/C13H14N2O3S2/c1-10(16)11-3-5-12(6-4-11)20(17,18)15(2)9-13-14-7-8-19-13/h3-8H,9H2,1-2H3. The Bertz CT molecular complexity index is 692. The monoisotopic (exact) mass is 310 g/mol. The number of carbonyl (C=O) groups is 1. The summed E-state index contributed by atoms with van der Waals surface area (Å²) in [6, 6.07) is 5.94. The summed E-state index contributed by atoms with van der Waals surface area (Å²) in [6.45, 7) is 1.67. The second-order valence-corrected chi connectivity index (χ2v) is 7.29. The maximum atomic E-state index is 12.4. The van der Waals surface area contributed by atoms with Crippen molar-refractivity contribution in [2.75, 3.05) is 7.05 Å². The summed E-state index contributed by atoms with van der Waals surface area (Å²) in [4.78, 5) is 15.4. The van der Waals surface area contributed by atoms with Crippen LogP contribution in [0.5, 0.6) is 0 Å². The van der Waals surface area contributed by atoms with E-state index in [2.05, 4.69) is 4.98 Å². The number of hydrogen-bond acceptors (Lipinski definition) is 5. The first-order valence-electron chi connectivity index (χ1n) is 5.87. The number of nitrogens with zero attached hydrogens (tertiary/aromatic N) is 2. The van der Waals surface area contributed by atoms with E-state index >= 15 is 0 Å². The van der Waals surface area contributed by atoms with Gasteiger partial charge in [0.05, 0.1) is 11.4 Å². The van der Waals surface area contributed by atoms with Gasteiger partial charge in [-0.05, 0) is 19.1 Å². The zero-order valence-corrected chi connectivity index (χ0v) is 12.7. The minimum absolute atomic E-state index is 0.0925. The van der Waals surface area contributed by atoms with Crippen LogP contribution in [0.25, 0.3) is 0 Å².